The van der Waals surface area contributed by atoms with Crippen molar-refractivity contribution >= 4 is 24.1 Å². The minimum Gasteiger partial charge on any atom is -0.444 e. The molecule has 2 rings (SSSR count). The Morgan fingerprint density at radius 3 is 2.36 bits per heavy atom. The molecule has 1 aliphatic carbocycles. The van der Waals surface area contributed by atoms with Crippen molar-refractivity contribution in [2.45, 2.75) is 45.6 Å². The Labute approximate surface area is 146 Å². The zero-order valence-electron chi connectivity index (χ0n) is 14.7. The summed E-state index contributed by atoms with van der Waals surface area (Å²) in [7, 11) is 0. The van der Waals surface area contributed by atoms with E-state index < -0.39 is 11.6 Å². The van der Waals surface area contributed by atoms with E-state index in [1.54, 1.807) is 11.0 Å². The summed E-state index contributed by atoms with van der Waals surface area (Å²) in [5.74, 6) is -1.31. The summed E-state index contributed by atoms with van der Waals surface area (Å²) in [4.78, 5) is 47.0. The first-order valence-electron chi connectivity index (χ1n) is 8.28. The fraction of sp³-hybridized carbons (Fsp3) is 0.556. The van der Waals surface area contributed by atoms with E-state index in [0.29, 0.717) is 13.1 Å². The van der Waals surface area contributed by atoms with Gasteiger partial charge in [-0.15, -0.1) is 0 Å². The SMILES string of the molecule is CC(C)(C)OC(=O)N1CCC(C2=CC=C(OC(=O)C=O)C(=O)C2)CC1. The monoisotopic (exact) mass is 349 g/mol. The Hall–Kier alpha value is -2.44. The number of hydrogen-bond acceptors (Lipinski definition) is 6. The van der Waals surface area contributed by atoms with E-state index in [1.807, 2.05) is 20.8 Å². The molecule has 1 heterocycles. The molecule has 0 atom stereocenters. The number of hydrogen-bond donors (Lipinski definition) is 0. The number of amides is 1. The molecule has 0 bridgehead atoms. The summed E-state index contributed by atoms with van der Waals surface area (Å²) in [6, 6.07) is 0. The highest BCUT2D eigenvalue weighted by Crippen LogP contribution is 2.30. The second-order valence-corrected chi connectivity index (χ2v) is 7.15. The van der Waals surface area contributed by atoms with Gasteiger partial charge in [0.2, 0.25) is 12.1 Å². The van der Waals surface area contributed by atoms with Gasteiger partial charge >= 0.3 is 12.1 Å². The molecule has 25 heavy (non-hydrogen) atoms. The molecule has 136 valence electrons. The number of likely N-dealkylation sites (tertiary alicyclic amines) is 1. The predicted octanol–water partition coefficient (Wildman–Crippen LogP) is 2.16. The lowest BCUT2D eigenvalue weighted by atomic mass is 9.84. The molecule has 0 unspecified atom stereocenters. The Kier molecular flexibility index (Phi) is 5.77. The van der Waals surface area contributed by atoms with Crippen LogP contribution in [0.25, 0.3) is 0 Å². The van der Waals surface area contributed by atoms with Crippen LogP contribution in [-0.4, -0.2) is 47.7 Å². The third-order valence-electron chi connectivity index (χ3n) is 4.07. The van der Waals surface area contributed by atoms with Crippen molar-refractivity contribution in [1.82, 2.24) is 4.90 Å². The van der Waals surface area contributed by atoms with Gasteiger partial charge in [-0.1, -0.05) is 11.6 Å². The van der Waals surface area contributed by atoms with Crippen molar-refractivity contribution in [3.8, 4) is 0 Å². The van der Waals surface area contributed by atoms with Crippen molar-refractivity contribution in [2.24, 2.45) is 5.92 Å². The van der Waals surface area contributed by atoms with E-state index in [0.717, 1.165) is 18.4 Å². The number of Topliss-reactive ketones (excluding diaryl/α,β-unsaturated/α-hetero) is 1. The van der Waals surface area contributed by atoms with E-state index in [-0.39, 0.29) is 36.3 Å². The minimum atomic E-state index is -1.08. The maximum atomic E-state index is 12.1. The molecular weight excluding hydrogens is 326 g/mol. The van der Waals surface area contributed by atoms with Crippen LogP contribution in [0.2, 0.25) is 0 Å². The summed E-state index contributed by atoms with van der Waals surface area (Å²) in [5.41, 5.74) is 0.437. The van der Waals surface area contributed by atoms with Crippen molar-refractivity contribution in [2.75, 3.05) is 13.1 Å². The van der Waals surface area contributed by atoms with Gasteiger partial charge in [-0.2, -0.15) is 0 Å². The molecule has 0 aromatic heterocycles. The van der Waals surface area contributed by atoms with E-state index >= 15 is 0 Å². The van der Waals surface area contributed by atoms with E-state index in [1.165, 1.54) is 6.08 Å². The Balaban J connectivity index is 1.93. The van der Waals surface area contributed by atoms with Crippen LogP contribution in [0.3, 0.4) is 0 Å². The molecule has 1 fully saturated rings. The van der Waals surface area contributed by atoms with Gasteiger partial charge in [-0.25, -0.2) is 9.59 Å². The summed E-state index contributed by atoms with van der Waals surface area (Å²) in [6.07, 6.45) is 4.56. The first-order chi connectivity index (χ1) is 11.7. The third kappa shape index (κ3) is 5.27. The van der Waals surface area contributed by atoms with E-state index in [4.69, 9.17) is 4.74 Å². The lowest BCUT2D eigenvalue weighted by Gasteiger charge is -2.34. The maximum Gasteiger partial charge on any atom is 0.410 e. The molecule has 1 amide bonds. The Morgan fingerprint density at radius 2 is 1.84 bits per heavy atom. The van der Waals surface area contributed by atoms with Crippen molar-refractivity contribution in [3.63, 3.8) is 0 Å². The molecule has 0 saturated carbocycles. The Morgan fingerprint density at radius 1 is 1.20 bits per heavy atom. The van der Waals surface area contributed by atoms with Gasteiger partial charge in [0, 0.05) is 19.5 Å². The van der Waals surface area contributed by atoms with Gasteiger partial charge in [-0.05, 0) is 45.6 Å². The van der Waals surface area contributed by atoms with Gasteiger partial charge in [0.05, 0.1) is 0 Å². The average Bonchev–Trinajstić information content (AvgIpc) is 2.55. The third-order valence-corrected chi connectivity index (χ3v) is 4.07. The number of carbonyl (C=O) groups is 4. The fourth-order valence-corrected chi connectivity index (χ4v) is 2.87. The standard InChI is InChI=1S/C18H23NO6/c1-18(2,3)25-17(23)19-8-6-12(7-9-19)13-4-5-15(14(21)10-13)24-16(22)11-20/h4-5,11-12H,6-10H2,1-3H3. The summed E-state index contributed by atoms with van der Waals surface area (Å²) in [6.45, 7) is 6.63. The maximum absolute atomic E-state index is 12.1. The highest BCUT2D eigenvalue weighted by Gasteiger charge is 2.30. The number of aldehydes is 1. The minimum absolute atomic E-state index is 0.0275. The zero-order chi connectivity index (χ0) is 18.6. The van der Waals surface area contributed by atoms with Gasteiger partial charge in [0.15, 0.2) is 5.76 Å². The van der Waals surface area contributed by atoms with Crippen LogP contribution in [0.1, 0.15) is 40.0 Å². The quantitative estimate of drug-likeness (QED) is 0.441. The van der Waals surface area contributed by atoms with Crippen LogP contribution in [0.4, 0.5) is 4.79 Å². The largest absolute Gasteiger partial charge is 0.444 e. The first kappa shape index (κ1) is 18.9. The normalized spacial score (nSPS) is 19.0. The molecule has 7 nitrogen and oxygen atoms in total. The van der Waals surface area contributed by atoms with Gasteiger partial charge < -0.3 is 14.4 Å². The Bertz CT molecular complexity index is 632. The molecule has 0 aromatic carbocycles. The van der Waals surface area contributed by atoms with E-state index in [2.05, 4.69) is 4.74 Å². The average molecular weight is 349 g/mol. The number of ketones is 1. The van der Waals surface area contributed by atoms with Crippen LogP contribution in [-0.2, 0) is 23.9 Å². The lowest BCUT2D eigenvalue weighted by Crippen LogP contribution is -2.42. The molecule has 0 radical (unpaired) electrons. The highest BCUT2D eigenvalue weighted by molar-refractivity contribution is 6.21. The smallest absolute Gasteiger partial charge is 0.410 e. The summed E-state index contributed by atoms with van der Waals surface area (Å²) >= 11 is 0. The highest BCUT2D eigenvalue weighted by atomic mass is 16.6. The molecule has 7 heteroatoms. The van der Waals surface area contributed by atoms with Crippen LogP contribution >= 0.6 is 0 Å². The van der Waals surface area contributed by atoms with Crippen LogP contribution in [0, 0.1) is 5.92 Å². The molecule has 1 aliphatic heterocycles. The van der Waals surface area contributed by atoms with Crippen LogP contribution in [0.5, 0.6) is 0 Å². The second-order valence-electron chi connectivity index (χ2n) is 7.15. The summed E-state index contributed by atoms with van der Waals surface area (Å²) in [5, 5.41) is 0. The molecular formula is C18H23NO6. The van der Waals surface area contributed by atoms with Crippen molar-refractivity contribution < 1.29 is 28.7 Å². The lowest BCUT2D eigenvalue weighted by molar-refractivity contribution is -0.147. The fourth-order valence-electron chi connectivity index (χ4n) is 2.87. The van der Waals surface area contributed by atoms with Gasteiger partial charge in [-0.3, -0.25) is 9.59 Å². The van der Waals surface area contributed by atoms with E-state index in [9.17, 15) is 19.2 Å². The number of carbonyl (C=O) groups excluding carboxylic acids is 4. The molecule has 2 aliphatic rings. The first-order valence-corrected chi connectivity index (χ1v) is 8.28. The zero-order valence-corrected chi connectivity index (χ0v) is 14.7. The molecule has 0 aromatic rings. The van der Waals surface area contributed by atoms with Gasteiger partial charge in [0.1, 0.15) is 5.60 Å². The molecule has 0 N–H and O–H groups in total. The number of esters is 1. The number of allylic oxidation sites excluding steroid dienone is 4. The predicted molar refractivity (Wildman–Crippen MR) is 88.5 cm³/mol. The van der Waals surface area contributed by atoms with Crippen molar-refractivity contribution in [1.29, 1.82) is 0 Å². The van der Waals surface area contributed by atoms with Crippen LogP contribution < -0.4 is 0 Å². The van der Waals surface area contributed by atoms with Crippen LogP contribution in [0.15, 0.2) is 23.5 Å². The molecule has 1 saturated heterocycles. The second kappa shape index (κ2) is 7.63. The molecule has 0 spiro atoms. The number of nitrogens with zero attached hydrogens (tertiary/aromatic N) is 1. The van der Waals surface area contributed by atoms with Gasteiger partial charge in [0.25, 0.3) is 0 Å². The number of piperidine rings is 1. The van der Waals surface area contributed by atoms with Crippen molar-refractivity contribution in [3.05, 3.63) is 23.5 Å². The number of rotatable bonds is 3. The topological polar surface area (TPSA) is 90.0 Å². The summed E-state index contributed by atoms with van der Waals surface area (Å²) < 4.78 is 10.0. The number of ether oxygens (including phenoxy) is 2.